The molecule has 3 N–H and O–H groups in total. The van der Waals surface area contributed by atoms with E-state index in [0.717, 1.165) is 21.9 Å². The number of rotatable bonds is 1. The van der Waals surface area contributed by atoms with Crippen molar-refractivity contribution in [2.24, 2.45) is 0 Å². The van der Waals surface area contributed by atoms with Crippen LogP contribution in [-0.4, -0.2) is 48.9 Å². The predicted octanol–water partition coefficient (Wildman–Crippen LogP) is 2.63. The summed E-state index contributed by atoms with van der Waals surface area (Å²) in [6, 6.07) is -0.0389. The van der Waals surface area contributed by atoms with Crippen molar-refractivity contribution in [3.05, 3.63) is 9.53 Å². The molecule has 0 aromatic carbocycles. The lowest BCUT2D eigenvalue weighted by Gasteiger charge is -2.31. The average molecular weight is 444 g/mol. The van der Waals surface area contributed by atoms with Crippen LogP contribution in [-0.2, 0) is 5.41 Å². The summed E-state index contributed by atoms with van der Waals surface area (Å²) in [6.07, 6.45) is 0.780. The minimum absolute atomic E-state index is 0.0389. The van der Waals surface area contributed by atoms with Crippen LogP contribution in [0.1, 0.15) is 45.5 Å². The van der Waals surface area contributed by atoms with Gasteiger partial charge in [0.05, 0.1) is 11.4 Å². The first-order valence-corrected chi connectivity index (χ1v) is 8.96. The van der Waals surface area contributed by atoms with Crippen LogP contribution in [0.15, 0.2) is 0 Å². The predicted molar refractivity (Wildman–Crippen MR) is 99.0 cm³/mol. The molecule has 1 atom stereocenters. The van der Waals surface area contributed by atoms with Gasteiger partial charge in [-0.3, -0.25) is 0 Å². The molecule has 2 aromatic rings. The monoisotopic (exact) mass is 444 g/mol. The summed E-state index contributed by atoms with van der Waals surface area (Å²) < 4.78 is 2.58. The zero-order valence-corrected chi connectivity index (χ0v) is 16.1. The van der Waals surface area contributed by atoms with E-state index in [2.05, 4.69) is 32.7 Å². The quantitative estimate of drug-likeness (QED) is 0.655. The van der Waals surface area contributed by atoms with E-state index < -0.39 is 6.09 Å². The maximum atomic E-state index is 11.3. The largest absolute Gasteiger partial charge is 0.465 e. The smallest absolute Gasteiger partial charge is 0.407 e. The lowest BCUT2D eigenvalue weighted by Crippen LogP contribution is -2.40. The highest BCUT2D eigenvalue weighted by Crippen LogP contribution is 2.31. The molecule has 1 fully saturated rings. The van der Waals surface area contributed by atoms with E-state index in [9.17, 15) is 9.90 Å². The zero-order chi connectivity index (χ0) is 17.6. The molecule has 0 saturated carbocycles. The topological polar surface area (TPSA) is 110 Å². The van der Waals surface area contributed by atoms with Gasteiger partial charge < -0.3 is 15.7 Å². The minimum atomic E-state index is -0.893. The Hall–Kier alpha value is -1.65. The molecule has 3 heterocycles. The Balaban J connectivity index is 2.11. The number of piperidine rings is 1. The number of hydrogen-bond acceptors (Lipinski definition) is 5. The number of likely N-dealkylation sites (tertiary alicyclic amines) is 1. The number of anilines is 1. The molecule has 0 bridgehead atoms. The van der Waals surface area contributed by atoms with Gasteiger partial charge in [0, 0.05) is 18.5 Å². The highest BCUT2D eigenvalue weighted by Gasteiger charge is 2.29. The highest BCUT2D eigenvalue weighted by atomic mass is 127. The Morgan fingerprint density at radius 2 is 2.08 bits per heavy atom. The number of nitrogens with zero attached hydrogens (tertiary/aromatic N) is 5. The molecule has 1 saturated heterocycles. The summed E-state index contributed by atoms with van der Waals surface area (Å²) in [6.45, 7) is 7.08. The maximum absolute atomic E-state index is 11.3. The molecule has 0 aliphatic carbocycles. The number of nitrogen functional groups attached to an aromatic ring is 1. The molecular formula is C15H21IN6O2. The number of carboxylic acid groups (broad SMARTS) is 1. The summed E-state index contributed by atoms with van der Waals surface area (Å²) in [5, 5.41) is 14.6. The molecule has 2 aromatic heterocycles. The molecule has 3 rings (SSSR count). The van der Waals surface area contributed by atoms with Crippen molar-refractivity contribution < 1.29 is 9.90 Å². The summed E-state index contributed by atoms with van der Waals surface area (Å²) in [4.78, 5) is 21.9. The van der Waals surface area contributed by atoms with E-state index >= 15 is 0 Å². The van der Waals surface area contributed by atoms with Gasteiger partial charge in [0.15, 0.2) is 5.65 Å². The van der Waals surface area contributed by atoms with Gasteiger partial charge in [-0.2, -0.15) is 5.10 Å². The van der Waals surface area contributed by atoms with Crippen LogP contribution < -0.4 is 5.73 Å². The number of carbonyl (C=O) groups is 1. The van der Waals surface area contributed by atoms with Crippen molar-refractivity contribution in [1.29, 1.82) is 0 Å². The lowest BCUT2D eigenvalue weighted by molar-refractivity contribution is 0.120. The van der Waals surface area contributed by atoms with Crippen molar-refractivity contribution in [2.75, 3.05) is 18.8 Å². The van der Waals surface area contributed by atoms with Crippen molar-refractivity contribution in [3.8, 4) is 0 Å². The van der Waals surface area contributed by atoms with E-state index in [1.54, 1.807) is 0 Å². The van der Waals surface area contributed by atoms with E-state index in [-0.39, 0.29) is 11.5 Å². The van der Waals surface area contributed by atoms with Crippen LogP contribution >= 0.6 is 22.6 Å². The Bertz CT molecular complexity index is 797. The van der Waals surface area contributed by atoms with Crippen molar-refractivity contribution >= 4 is 45.5 Å². The van der Waals surface area contributed by atoms with E-state index in [0.29, 0.717) is 30.4 Å². The maximum Gasteiger partial charge on any atom is 0.407 e. The van der Waals surface area contributed by atoms with Gasteiger partial charge >= 0.3 is 6.09 Å². The normalized spacial score (nSPS) is 19.0. The van der Waals surface area contributed by atoms with E-state index in [4.69, 9.17) is 10.7 Å². The summed E-state index contributed by atoms with van der Waals surface area (Å²) in [5.74, 6) is 1.09. The number of aromatic nitrogens is 4. The molecule has 9 heteroatoms. The fourth-order valence-electron chi connectivity index (χ4n) is 2.94. The number of nitrogens with two attached hydrogens (primary N) is 1. The molecule has 8 nitrogen and oxygen atoms in total. The van der Waals surface area contributed by atoms with Gasteiger partial charge in [0.25, 0.3) is 0 Å². The second kappa shape index (κ2) is 6.01. The van der Waals surface area contributed by atoms with Gasteiger partial charge in [0.1, 0.15) is 15.3 Å². The first kappa shape index (κ1) is 17.2. The number of fused-ring (bicyclic) bond motifs is 1. The molecule has 0 spiro atoms. The van der Waals surface area contributed by atoms with Crippen LogP contribution in [0.2, 0.25) is 0 Å². The van der Waals surface area contributed by atoms with E-state index in [1.807, 2.05) is 25.5 Å². The van der Waals surface area contributed by atoms with Gasteiger partial charge in [-0.05, 0) is 35.4 Å². The molecule has 1 amide bonds. The number of amides is 1. The SMILES string of the molecule is CC(C)(C)c1nc(N)c2c(I)nn(C3CCCN(C(=O)O)C3)c2n1. The van der Waals surface area contributed by atoms with Crippen LogP contribution in [0.3, 0.4) is 0 Å². The fraction of sp³-hybridized carbons (Fsp3) is 0.600. The first-order valence-electron chi connectivity index (χ1n) is 7.88. The van der Waals surface area contributed by atoms with Crippen molar-refractivity contribution in [3.63, 3.8) is 0 Å². The third-order valence-corrected chi connectivity index (χ3v) is 4.98. The van der Waals surface area contributed by atoms with Crippen LogP contribution in [0.5, 0.6) is 0 Å². The van der Waals surface area contributed by atoms with Gasteiger partial charge in [-0.1, -0.05) is 20.8 Å². The second-order valence-electron chi connectivity index (χ2n) is 7.14. The van der Waals surface area contributed by atoms with Gasteiger partial charge in [-0.15, -0.1) is 0 Å². The molecule has 1 aliphatic rings. The van der Waals surface area contributed by atoms with Crippen LogP contribution in [0.25, 0.3) is 11.0 Å². The molecular weight excluding hydrogens is 423 g/mol. The first-order chi connectivity index (χ1) is 11.2. The second-order valence-corrected chi connectivity index (χ2v) is 8.16. The Kier molecular flexibility index (Phi) is 4.30. The summed E-state index contributed by atoms with van der Waals surface area (Å²) >= 11 is 2.13. The average Bonchev–Trinajstić information content (AvgIpc) is 2.84. The molecule has 0 radical (unpaired) electrons. The Morgan fingerprint density at radius 3 is 2.71 bits per heavy atom. The fourth-order valence-corrected chi connectivity index (χ4v) is 3.69. The Labute approximate surface area is 153 Å². The van der Waals surface area contributed by atoms with Crippen molar-refractivity contribution in [1.82, 2.24) is 24.6 Å². The highest BCUT2D eigenvalue weighted by molar-refractivity contribution is 14.1. The zero-order valence-electron chi connectivity index (χ0n) is 14.0. The van der Waals surface area contributed by atoms with Gasteiger partial charge in [0.2, 0.25) is 0 Å². The molecule has 1 unspecified atom stereocenters. The number of halogens is 1. The third-order valence-electron chi connectivity index (χ3n) is 4.22. The lowest BCUT2D eigenvalue weighted by atomic mass is 9.95. The van der Waals surface area contributed by atoms with Gasteiger partial charge in [-0.25, -0.2) is 19.4 Å². The van der Waals surface area contributed by atoms with E-state index in [1.165, 1.54) is 4.90 Å². The molecule has 130 valence electrons. The third kappa shape index (κ3) is 3.01. The number of hydrogen-bond donors (Lipinski definition) is 2. The standard InChI is InChI=1S/C15H21IN6O2/c1-15(2,3)13-18-11(17)9-10(16)20-22(12(9)19-13)8-5-4-6-21(7-8)14(23)24/h8H,4-7H2,1-3H3,(H,23,24)(H2,17,18,19). The molecule has 24 heavy (non-hydrogen) atoms. The molecule has 1 aliphatic heterocycles. The summed E-state index contributed by atoms with van der Waals surface area (Å²) in [5.41, 5.74) is 6.61. The minimum Gasteiger partial charge on any atom is -0.465 e. The summed E-state index contributed by atoms with van der Waals surface area (Å²) in [7, 11) is 0. The van der Waals surface area contributed by atoms with Crippen LogP contribution in [0.4, 0.5) is 10.6 Å². The van der Waals surface area contributed by atoms with Crippen LogP contribution in [0, 0.1) is 3.70 Å². The van der Waals surface area contributed by atoms with Crippen molar-refractivity contribution in [2.45, 2.75) is 45.1 Å². The Morgan fingerprint density at radius 1 is 1.38 bits per heavy atom.